The van der Waals surface area contributed by atoms with Crippen LogP contribution in [-0.4, -0.2) is 27.1 Å². The Morgan fingerprint density at radius 3 is 2.62 bits per heavy atom. The SMILES string of the molecule is CCCS(=O)(=O)Nc1ccc2c(c1)C(=O)N(C)c1ccccc1O2. The monoisotopic (exact) mass is 346 g/mol. The van der Waals surface area contributed by atoms with Gasteiger partial charge in [0.2, 0.25) is 10.0 Å². The summed E-state index contributed by atoms with van der Waals surface area (Å²) in [5, 5.41) is 0. The van der Waals surface area contributed by atoms with Crippen molar-refractivity contribution >= 4 is 27.3 Å². The number of benzene rings is 2. The van der Waals surface area contributed by atoms with Gasteiger partial charge in [0, 0.05) is 12.7 Å². The van der Waals surface area contributed by atoms with E-state index >= 15 is 0 Å². The van der Waals surface area contributed by atoms with Crippen molar-refractivity contribution in [1.29, 1.82) is 0 Å². The summed E-state index contributed by atoms with van der Waals surface area (Å²) < 4.78 is 32.2. The Kier molecular flexibility index (Phi) is 4.19. The lowest BCUT2D eigenvalue weighted by atomic mass is 10.1. The van der Waals surface area contributed by atoms with Crippen LogP contribution >= 0.6 is 0 Å². The first-order chi connectivity index (χ1) is 11.4. The molecule has 1 amide bonds. The number of hydrogen-bond donors (Lipinski definition) is 1. The van der Waals surface area contributed by atoms with Gasteiger partial charge in [0.15, 0.2) is 5.75 Å². The van der Waals surface area contributed by atoms with Crippen molar-refractivity contribution in [2.24, 2.45) is 0 Å². The molecule has 0 bridgehead atoms. The number of carbonyl (C=O) groups excluding carboxylic acids is 1. The zero-order chi connectivity index (χ0) is 17.3. The number of anilines is 2. The second kappa shape index (κ2) is 6.16. The molecule has 126 valence electrons. The van der Waals surface area contributed by atoms with Crippen LogP contribution in [0.15, 0.2) is 42.5 Å². The molecule has 7 heteroatoms. The smallest absolute Gasteiger partial charge is 0.261 e. The van der Waals surface area contributed by atoms with Crippen LogP contribution in [0.1, 0.15) is 23.7 Å². The number of fused-ring (bicyclic) bond motifs is 2. The van der Waals surface area contributed by atoms with E-state index in [1.807, 2.05) is 12.1 Å². The van der Waals surface area contributed by atoms with Crippen LogP contribution in [0.4, 0.5) is 11.4 Å². The molecular weight excluding hydrogens is 328 g/mol. The van der Waals surface area contributed by atoms with Crippen LogP contribution in [0.2, 0.25) is 0 Å². The van der Waals surface area contributed by atoms with Crippen molar-refractivity contribution in [2.75, 3.05) is 22.4 Å². The minimum absolute atomic E-state index is 0.0277. The van der Waals surface area contributed by atoms with Crippen LogP contribution in [0, 0.1) is 0 Å². The topological polar surface area (TPSA) is 75.7 Å². The summed E-state index contributed by atoms with van der Waals surface area (Å²) >= 11 is 0. The van der Waals surface area contributed by atoms with E-state index in [4.69, 9.17) is 4.74 Å². The quantitative estimate of drug-likeness (QED) is 0.922. The molecule has 0 atom stereocenters. The molecule has 6 nitrogen and oxygen atoms in total. The van der Waals surface area contributed by atoms with Gasteiger partial charge >= 0.3 is 0 Å². The molecule has 0 aromatic heterocycles. The molecule has 1 heterocycles. The highest BCUT2D eigenvalue weighted by Crippen LogP contribution is 2.38. The van der Waals surface area contributed by atoms with Gasteiger partial charge in [-0.3, -0.25) is 9.52 Å². The first kappa shape index (κ1) is 16.3. The first-order valence-electron chi connectivity index (χ1n) is 7.61. The molecule has 0 fully saturated rings. The van der Waals surface area contributed by atoms with E-state index in [1.165, 1.54) is 11.0 Å². The fraction of sp³-hybridized carbons (Fsp3) is 0.235. The molecule has 0 saturated heterocycles. The third-order valence-electron chi connectivity index (χ3n) is 3.71. The molecule has 0 aliphatic carbocycles. The van der Waals surface area contributed by atoms with Crippen molar-refractivity contribution in [2.45, 2.75) is 13.3 Å². The Hall–Kier alpha value is -2.54. The molecule has 1 aliphatic heterocycles. The Morgan fingerprint density at radius 2 is 1.88 bits per heavy atom. The van der Waals surface area contributed by atoms with E-state index < -0.39 is 10.0 Å². The lowest BCUT2D eigenvalue weighted by Gasteiger charge is -2.16. The Balaban J connectivity index is 2.01. The molecule has 0 unspecified atom stereocenters. The Morgan fingerprint density at radius 1 is 1.12 bits per heavy atom. The number of nitrogens with zero attached hydrogens (tertiary/aromatic N) is 1. The number of amides is 1. The molecule has 2 aromatic carbocycles. The molecular formula is C17H18N2O4S. The van der Waals surface area contributed by atoms with Crippen LogP contribution in [0.25, 0.3) is 0 Å². The van der Waals surface area contributed by atoms with Gasteiger partial charge in [0.05, 0.1) is 17.0 Å². The maximum atomic E-state index is 12.7. The zero-order valence-corrected chi connectivity index (χ0v) is 14.3. The van der Waals surface area contributed by atoms with Gasteiger partial charge in [0.1, 0.15) is 5.75 Å². The van der Waals surface area contributed by atoms with Crippen LogP contribution < -0.4 is 14.4 Å². The van der Waals surface area contributed by atoms with Crippen LogP contribution in [0.3, 0.4) is 0 Å². The molecule has 24 heavy (non-hydrogen) atoms. The molecule has 3 rings (SSSR count). The number of nitrogens with one attached hydrogen (secondary N) is 1. The third kappa shape index (κ3) is 3.07. The second-order valence-corrected chi connectivity index (χ2v) is 7.41. The van der Waals surface area contributed by atoms with Crippen LogP contribution in [-0.2, 0) is 10.0 Å². The average molecular weight is 346 g/mol. The predicted molar refractivity (Wildman–Crippen MR) is 93.4 cm³/mol. The van der Waals surface area contributed by atoms with Crippen molar-refractivity contribution in [3.63, 3.8) is 0 Å². The number of ether oxygens (including phenoxy) is 1. The van der Waals surface area contributed by atoms with Gasteiger partial charge in [-0.15, -0.1) is 0 Å². The normalized spacial score (nSPS) is 13.6. The van der Waals surface area contributed by atoms with Gasteiger partial charge in [-0.2, -0.15) is 0 Å². The number of para-hydroxylation sites is 2. The number of rotatable bonds is 4. The summed E-state index contributed by atoms with van der Waals surface area (Å²) in [4.78, 5) is 14.2. The first-order valence-corrected chi connectivity index (χ1v) is 9.26. The van der Waals surface area contributed by atoms with Crippen molar-refractivity contribution in [3.8, 4) is 11.5 Å². The van der Waals surface area contributed by atoms with Gasteiger partial charge in [-0.05, 0) is 36.8 Å². The molecule has 0 radical (unpaired) electrons. The number of sulfonamides is 1. The summed E-state index contributed by atoms with van der Waals surface area (Å²) in [6.45, 7) is 1.79. The molecule has 2 aromatic rings. The molecule has 1 N–H and O–H groups in total. The summed E-state index contributed by atoms with van der Waals surface area (Å²) in [6.07, 6.45) is 0.514. The molecule has 0 saturated carbocycles. The number of carbonyl (C=O) groups is 1. The Labute approximate surface area is 141 Å². The van der Waals surface area contributed by atoms with Crippen molar-refractivity contribution < 1.29 is 17.9 Å². The van der Waals surface area contributed by atoms with Gasteiger partial charge < -0.3 is 9.64 Å². The standard InChI is InChI=1S/C17H18N2O4S/c1-3-10-24(21,22)18-12-8-9-15-13(11-12)17(20)19(2)14-6-4-5-7-16(14)23-15/h4-9,11,18H,3,10H2,1-2H3. The maximum absolute atomic E-state index is 12.7. The largest absolute Gasteiger partial charge is 0.454 e. The average Bonchev–Trinajstić information content (AvgIpc) is 2.64. The van der Waals surface area contributed by atoms with Crippen LogP contribution in [0.5, 0.6) is 11.5 Å². The summed E-state index contributed by atoms with van der Waals surface area (Å²) in [7, 11) is -1.76. The van der Waals surface area contributed by atoms with E-state index in [-0.39, 0.29) is 11.7 Å². The van der Waals surface area contributed by atoms with E-state index in [9.17, 15) is 13.2 Å². The second-order valence-electron chi connectivity index (χ2n) is 5.57. The third-order valence-corrected chi connectivity index (χ3v) is 5.20. The predicted octanol–water partition coefficient (Wildman–Crippen LogP) is 3.22. The highest BCUT2D eigenvalue weighted by Gasteiger charge is 2.26. The lowest BCUT2D eigenvalue weighted by Crippen LogP contribution is -2.25. The maximum Gasteiger partial charge on any atom is 0.261 e. The molecule has 0 spiro atoms. The van der Waals surface area contributed by atoms with E-state index in [0.29, 0.717) is 34.9 Å². The number of hydrogen-bond acceptors (Lipinski definition) is 4. The van der Waals surface area contributed by atoms with E-state index in [0.717, 1.165) is 0 Å². The summed E-state index contributed by atoms with van der Waals surface area (Å²) in [5.41, 5.74) is 1.32. The highest BCUT2D eigenvalue weighted by atomic mass is 32.2. The van der Waals surface area contributed by atoms with Crippen molar-refractivity contribution in [1.82, 2.24) is 0 Å². The van der Waals surface area contributed by atoms with E-state index in [2.05, 4.69) is 4.72 Å². The molecule has 1 aliphatic rings. The van der Waals surface area contributed by atoms with E-state index in [1.54, 1.807) is 38.2 Å². The van der Waals surface area contributed by atoms with Gasteiger partial charge in [-0.1, -0.05) is 19.1 Å². The minimum Gasteiger partial charge on any atom is -0.454 e. The van der Waals surface area contributed by atoms with Gasteiger partial charge in [0.25, 0.3) is 5.91 Å². The fourth-order valence-electron chi connectivity index (χ4n) is 2.58. The van der Waals surface area contributed by atoms with Gasteiger partial charge in [-0.25, -0.2) is 8.42 Å². The van der Waals surface area contributed by atoms with Crippen molar-refractivity contribution in [3.05, 3.63) is 48.0 Å². The Bertz CT molecular complexity index is 893. The summed E-state index contributed by atoms with van der Waals surface area (Å²) in [6, 6.07) is 11.9. The highest BCUT2D eigenvalue weighted by molar-refractivity contribution is 7.92. The lowest BCUT2D eigenvalue weighted by molar-refractivity contribution is 0.0993. The summed E-state index contributed by atoms with van der Waals surface area (Å²) in [5.74, 6) is 0.744. The minimum atomic E-state index is -3.42. The zero-order valence-electron chi connectivity index (χ0n) is 13.4. The fourth-order valence-corrected chi connectivity index (χ4v) is 3.70.